The molecule has 0 spiro atoms. The van der Waals surface area contributed by atoms with Gasteiger partial charge in [0.25, 0.3) is 0 Å². The van der Waals surface area contributed by atoms with Crippen molar-refractivity contribution in [2.24, 2.45) is 11.1 Å². The van der Waals surface area contributed by atoms with E-state index in [2.05, 4.69) is 0 Å². The van der Waals surface area contributed by atoms with Crippen molar-refractivity contribution >= 4 is 5.78 Å². The van der Waals surface area contributed by atoms with Crippen LogP contribution in [0.15, 0.2) is 24.3 Å². The molecule has 0 radical (unpaired) electrons. The van der Waals surface area contributed by atoms with Crippen molar-refractivity contribution in [2.75, 3.05) is 0 Å². The molecule has 1 aromatic rings. The van der Waals surface area contributed by atoms with Gasteiger partial charge in [0.1, 0.15) is 5.75 Å². The predicted molar refractivity (Wildman–Crippen MR) is 74.0 cm³/mol. The Bertz CT molecular complexity index is 401. The van der Waals surface area contributed by atoms with Crippen LogP contribution in [-0.2, 0) is 0 Å². The van der Waals surface area contributed by atoms with Gasteiger partial charge in [-0.1, -0.05) is 20.8 Å². The third-order valence-electron chi connectivity index (χ3n) is 2.73. The first kappa shape index (κ1) is 14.7. The minimum absolute atomic E-state index is 0.0291. The highest BCUT2D eigenvalue weighted by atomic mass is 16.5. The van der Waals surface area contributed by atoms with Gasteiger partial charge in [0.2, 0.25) is 0 Å². The number of nitrogens with two attached hydrogens (primary N) is 1. The topological polar surface area (TPSA) is 52.3 Å². The maximum Gasteiger partial charge on any atom is 0.180 e. The van der Waals surface area contributed by atoms with Gasteiger partial charge in [0.05, 0.1) is 12.1 Å². The molecule has 0 amide bonds. The number of Topliss-reactive ketones (excluding diaryl/α,β-unsaturated/α-hetero) is 1. The molecule has 0 aliphatic carbocycles. The van der Waals surface area contributed by atoms with E-state index in [1.54, 1.807) is 12.1 Å². The van der Waals surface area contributed by atoms with Crippen LogP contribution in [0.5, 0.6) is 5.75 Å². The van der Waals surface area contributed by atoms with Crippen LogP contribution in [0.3, 0.4) is 0 Å². The van der Waals surface area contributed by atoms with E-state index in [0.29, 0.717) is 5.56 Å². The molecule has 3 nitrogen and oxygen atoms in total. The molecular weight excluding hydrogens is 226 g/mol. The number of benzene rings is 1. The predicted octanol–water partition coefficient (Wildman–Crippen LogP) is 3.03. The lowest BCUT2D eigenvalue weighted by Crippen LogP contribution is -2.42. The van der Waals surface area contributed by atoms with E-state index in [0.717, 1.165) is 5.75 Å². The van der Waals surface area contributed by atoms with Gasteiger partial charge < -0.3 is 10.5 Å². The van der Waals surface area contributed by atoms with Crippen molar-refractivity contribution in [1.29, 1.82) is 0 Å². The van der Waals surface area contributed by atoms with Crippen LogP contribution in [0, 0.1) is 5.41 Å². The fourth-order valence-corrected chi connectivity index (χ4v) is 1.54. The molecule has 0 saturated heterocycles. The van der Waals surface area contributed by atoms with Crippen molar-refractivity contribution in [3.05, 3.63) is 29.8 Å². The SMILES string of the molecule is CC(C)Oc1ccc(C(=O)C(N)C(C)(C)C)cc1. The minimum Gasteiger partial charge on any atom is -0.491 e. The number of ether oxygens (including phenoxy) is 1. The Balaban J connectivity index is 2.82. The van der Waals surface area contributed by atoms with Crippen LogP contribution in [0.2, 0.25) is 0 Å². The summed E-state index contributed by atoms with van der Waals surface area (Å²) in [6, 6.07) is 6.66. The van der Waals surface area contributed by atoms with Crippen LogP contribution >= 0.6 is 0 Å². The van der Waals surface area contributed by atoms with Crippen LogP contribution < -0.4 is 10.5 Å². The Labute approximate surface area is 109 Å². The molecule has 0 aromatic heterocycles. The maximum atomic E-state index is 12.2. The molecule has 1 rings (SSSR count). The van der Waals surface area contributed by atoms with E-state index < -0.39 is 6.04 Å². The zero-order chi connectivity index (χ0) is 13.9. The van der Waals surface area contributed by atoms with Gasteiger partial charge >= 0.3 is 0 Å². The zero-order valence-corrected chi connectivity index (χ0v) is 11.9. The van der Waals surface area contributed by atoms with Crippen LogP contribution in [-0.4, -0.2) is 17.9 Å². The molecule has 0 bridgehead atoms. The molecule has 1 aromatic carbocycles. The Morgan fingerprint density at radius 2 is 1.67 bits per heavy atom. The lowest BCUT2D eigenvalue weighted by atomic mass is 9.83. The maximum absolute atomic E-state index is 12.2. The summed E-state index contributed by atoms with van der Waals surface area (Å²) in [5.74, 6) is 0.740. The third-order valence-corrected chi connectivity index (χ3v) is 2.73. The fraction of sp³-hybridized carbons (Fsp3) is 0.533. The molecule has 0 heterocycles. The normalized spacial score (nSPS) is 13.5. The first-order chi connectivity index (χ1) is 8.21. The molecule has 1 unspecified atom stereocenters. The Kier molecular flexibility index (Phi) is 4.52. The average molecular weight is 249 g/mol. The first-order valence-corrected chi connectivity index (χ1v) is 6.28. The molecule has 1 atom stereocenters. The number of hydrogen-bond acceptors (Lipinski definition) is 3. The lowest BCUT2D eigenvalue weighted by molar-refractivity contribution is 0.0901. The molecule has 3 heteroatoms. The second-order valence-electron chi connectivity index (χ2n) is 5.90. The summed E-state index contributed by atoms with van der Waals surface area (Å²) in [7, 11) is 0. The Hall–Kier alpha value is -1.35. The number of rotatable bonds is 4. The van der Waals surface area contributed by atoms with Gasteiger partial charge in [-0.25, -0.2) is 0 Å². The second-order valence-corrected chi connectivity index (χ2v) is 5.90. The highest BCUT2D eigenvalue weighted by Crippen LogP contribution is 2.22. The van der Waals surface area contributed by atoms with Gasteiger partial charge in [-0.15, -0.1) is 0 Å². The first-order valence-electron chi connectivity index (χ1n) is 6.28. The molecular formula is C15H23NO2. The van der Waals surface area contributed by atoms with Crippen molar-refractivity contribution in [1.82, 2.24) is 0 Å². The van der Waals surface area contributed by atoms with Crippen molar-refractivity contribution in [3.8, 4) is 5.75 Å². The minimum atomic E-state index is -0.491. The summed E-state index contributed by atoms with van der Waals surface area (Å²) in [6.45, 7) is 9.83. The quantitative estimate of drug-likeness (QED) is 0.834. The number of hydrogen-bond donors (Lipinski definition) is 1. The van der Waals surface area contributed by atoms with Crippen molar-refractivity contribution in [3.63, 3.8) is 0 Å². The van der Waals surface area contributed by atoms with E-state index in [4.69, 9.17) is 10.5 Å². The zero-order valence-electron chi connectivity index (χ0n) is 11.9. The van der Waals surface area contributed by atoms with Gasteiger partial charge in [-0.3, -0.25) is 4.79 Å². The van der Waals surface area contributed by atoms with Crippen LogP contribution in [0.25, 0.3) is 0 Å². The molecule has 0 fully saturated rings. The molecule has 18 heavy (non-hydrogen) atoms. The highest BCUT2D eigenvalue weighted by molar-refractivity contribution is 6.00. The standard InChI is InChI=1S/C15H23NO2/c1-10(2)18-12-8-6-11(7-9-12)13(17)14(16)15(3,4)5/h6-10,14H,16H2,1-5H3. The number of ketones is 1. The number of carbonyl (C=O) groups is 1. The molecule has 0 aliphatic rings. The van der Waals surface area contributed by atoms with Gasteiger partial charge in [-0.05, 0) is 43.5 Å². The third kappa shape index (κ3) is 3.84. The largest absolute Gasteiger partial charge is 0.491 e. The highest BCUT2D eigenvalue weighted by Gasteiger charge is 2.28. The van der Waals surface area contributed by atoms with Crippen molar-refractivity contribution < 1.29 is 9.53 Å². The van der Waals surface area contributed by atoms with E-state index in [1.165, 1.54) is 0 Å². The van der Waals surface area contributed by atoms with Gasteiger partial charge in [0, 0.05) is 5.56 Å². The van der Waals surface area contributed by atoms with Crippen LogP contribution in [0.1, 0.15) is 45.0 Å². The van der Waals surface area contributed by atoms with Crippen molar-refractivity contribution in [2.45, 2.75) is 46.8 Å². The van der Waals surface area contributed by atoms with E-state index in [-0.39, 0.29) is 17.3 Å². The van der Waals surface area contributed by atoms with E-state index in [9.17, 15) is 4.79 Å². The smallest absolute Gasteiger partial charge is 0.180 e. The van der Waals surface area contributed by atoms with E-state index in [1.807, 2.05) is 46.8 Å². The lowest BCUT2D eigenvalue weighted by Gasteiger charge is -2.25. The monoisotopic (exact) mass is 249 g/mol. The average Bonchev–Trinajstić information content (AvgIpc) is 2.26. The van der Waals surface area contributed by atoms with Gasteiger partial charge in [-0.2, -0.15) is 0 Å². The van der Waals surface area contributed by atoms with E-state index >= 15 is 0 Å². The summed E-state index contributed by atoms with van der Waals surface area (Å²) in [6.07, 6.45) is 0.128. The summed E-state index contributed by atoms with van der Waals surface area (Å²) < 4.78 is 5.53. The van der Waals surface area contributed by atoms with Crippen LogP contribution in [0.4, 0.5) is 0 Å². The van der Waals surface area contributed by atoms with Gasteiger partial charge in [0.15, 0.2) is 5.78 Å². The molecule has 2 N–H and O–H groups in total. The molecule has 0 saturated carbocycles. The Morgan fingerprint density at radius 1 is 1.17 bits per heavy atom. The summed E-state index contributed by atoms with van der Waals surface area (Å²) in [5.41, 5.74) is 6.37. The summed E-state index contributed by atoms with van der Waals surface area (Å²) in [4.78, 5) is 12.2. The molecule has 100 valence electrons. The summed E-state index contributed by atoms with van der Waals surface area (Å²) in [5, 5.41) is 0. The second kappa shape index (κ2) is 5.53. The molecule has 0 aliphatic heterocycles. The Morgan fingerprint density at radius 3 is 2.06 bits per heavy atom. The number of carbonyl (C=O) groups excluding carboxylic acids is 1. The fourth-order valence-electron chi connectivity index (χ4n) is 1.54. The summed E-state index contributed by atoms with van der Waals surface area (Å²) >= 11 is 0.